The molecule has 0 fully saturated rings. The molecular formula is C22H20N4O4S. The number of nitrogens with one attached hydrogen (secondary N) is 1. The van der Waals surface area contributed by atoms with Crippen LogP contribution in [-0.2, 0) is 23.6 Å². The van der Waals surface area contributed by atoms with Gasteiger partial charge in [0.2, 0.25) is 15.9 Å². The quantitative estimate of drug-likeness (QED) is 0.575. The van der Waals surface area contributed by atoms with Gasteiger partial charge in [0.15, 0.2) is 0 Å². The van der Waals surface area contributed by atoms with Crippen molar-refractivity contribution in [2.75, 3.05) is 0 Å². The zero-order valence-corrected chi connectivity index (χ0v) is 17.7. The first-order chi connectivity index (χ1) is 14.7. The second-order valence-corrected chi connectivity index (χ2v) is 8.54. The van der Waals surface area contributed by atoms with Gasteiger partial charge in [-0.3, -0.25) is 14.4 Å². The van der Waals surface area contributed by atoms with Gasteiger partial charge in [-0.1, -0.05) is 30.3 Å². The SMILES string of the molecule is Cc1c(C=Nc2ccc(S(=O)(=O)NCc3ccccc3)cc2)c(O)n(C)c(=O)c1C#N. The number of nitriles is 1. The van der Waals surface area contributed by atoms with Gasteiger partial charge in [-0.2, -0.15) is 5.26 Å². The predicted octanol–water partition coefficient (Wildman–Crippen LogP) is 2.50. The minimum Gasteiger partial charge on any atom is -0.494 e. The summed E-state index contributed by atoms with van der Waals surface area (Å²) in [4.78, 5) is 16.3. The molecule has 3 rings (SSSR count). The van der Waals surface area contributed by atoms with Crippen molar-refractivity contribution in [3.8, 4) is 11.9 Å². The van der Waals surface area contributed by atoms with E-state index in [1.807, 2.05) is 36.4 Å². The lowest BCUT2D eigenvalue weighted by Gasteiger charge is -2.10. The molecule has 158 valence electrons. The molecule has 0 atom stereocenters. The number of aliphatic imine (C=N–C) groups is 1. The van der Waals surface area contributed by atoms with Crippen LogP contribution in [0.25, 0.3) is 0 Å². The summed E-state index contributed by atoms with van der Waals surface area (Å²) in [6.07, 6.45) is 1.34. The molecule has 31 heavy (non-hydrogen) atoms. The first-order valence-electron chi connectivity index (χ1n) is 9.25. The third-order valence-corrected chi connectivity index (χ3v) is 6.18. The summed E-state index contributed by atoms with van der Waals surface area (Å²) in [5.74, 6) is -0.311. The molecule has 0 saturated heterocycles. The molecule has 8 nitrogen and oxygen atoms in total. The number of hydrogen-bond acceptors (Lipinski definition) is 6. The average molecular weight is 436 g/mol. The highest BCUT2D eigenvalue weighted by Crippen LogP contribution is 2.21. The Morgan fingerprint density at radius 1 is 1.16 bits per heavy atom. The maximum absolute atomic E-state index is 12.5. The zero-order valence-electron chi connectivity index (χ0n) is 16.9. The second-order valence-electron chi connectivity index (χ2n) is 6.78. The Balaban J connectivity index is 1.81. The van der Waals surface area contributed by atoms with Gasteiger partial charge in [0, 0.05) is 19.8 Å². The Morgan fingerprint density at radius 3 is 2.42 bits per heavy atom. The molecular weight excluding hydrogens is 416 g/mol. The monoisotopic (exact) mass is 436 g/mol. The van der Waals surface area contributed by atoms with E-state index in [1.54, 1.807) is 6.92 Å². The predicted molar refractivity (Wildman–Crippen MR) is 117 cm³/mol. The van der Waals surface area contributed by atoms with E-state index in [4.69, 9.17) is 0 Å². The summed E-state index contributed by atoms with van der Waals surface area (Å²) >= 11 is 0. The second kappa shape index (κ2) is 8.95. The maximum atomic E-state index is 12.5. The number of hydrogen-bond donors (Lipinski definition) is 2. The number of benzene rings is 2. The Kier molecular flexibility index (Phi) is 6.34. The molecule has 2 N–H and O–H groups in total. The topological polar surface area (TPSA) is 125 Å². The lowest BCUT2D eigenvalue weighted by atomic mass is 10.1. The average Bonchev–Trinajstić information content (AvgIpc) is 2.78. The number of aromatic hydroxyl groups is 1. The number of pyridine rings is 1. The van der Waals surface area contributed by atoms with Gasteiger partial charge in [-0.15, -0.1) is 0 Å². The first-order valence-corrected chi connectivity index (χ1v) is 10.7. The summed E-state index contributed by atoms with van der Waals surface area (Å²) in [6.45, 7) is 1.73. The van der Waals surface area contributed by atoms with Gasteiger partial charge >= 0.3 is 0 Å². The van der Waals surface area contributed by atoms with Crippen molar-refractivity contribution in [3.05, 3.63) is 87.2 Å². The van der Waals surface area contributed by atoms with E-state index >= 15 is 0 Å². The maximum Gasteiger partial charge on any atom is 0.271 e. The fourth-order valence-corrected chi connectivity index (χ4v) is 3.92. The van der Waals surface area contributed by atoms with Gasteiger partial charge in [0.25, 0.3) is 5.56 Å². The van der Waals surface area contributed by atoms with Gasteiger partial charge < -0.3 is 5.11 Å². The van der Waals surface area contributed by atoms with Crippen LogP contribution in [0, 0.1) is 18.3 Å². The van der Waals surface area contributed by atoms with Crippen LogP contribution in [0.15, 0.2) is 69.3 Å². The fraction of sp³-hybridized carbons (Fsp3) is 0.136. The van der Waals surface area contributed by atoms with E-state index in [0.29, 0.717) is 11.3 Å². The van der Waals surface area contributed by atoms with Gasteiger partial charge in [-0.25, -0.2) is 13.1 Å². The van der Waals surface area contributed by atoms with Crippen LogP contribution in [0.4, 0.5) is 5.69 Å². The third-order valence-electron chi connectivity index (χ3n) is 4.77. The number of nitrogens with zero attached hydrogens (tertiary/aromatic N) is 3. The smallest absolute Gasteiger partial charge is 0.271 e. The summed E-state index contributed by atoms with van der Waals surface area (Å²) in [5, 5.41) is 19.4. The molecule has 0 saturated carbocycles. The van der Waals surface area contributed by atoms with Crippen molar-refractivity contribution in [1.29, 1.82) is 5.26 Å². The van der Waals surface area contributed by atoms with E-state index in [2.05, 4.69) is 9.71 Å². The summed E-state index contributed by atoms with van der Waals surface area (Å²) < 4.78 is 28.5. The van der Waals surface area contributed by atoms with Crippen LogP contribution in [-0.4, -0.2) is 24.3 Å². The molecule has 0 bridgehead atoms. The van der Waals surface area contributed by atoms with E-state index < -0.39 is 15.6 Å². The van der Waals surface area contributed by atoms with Crippen LogP contribution in [0.3, 0.4) is 0 Å². The summed E-state index contributed by atoms with van der Waals surface area (Å²) in [6, 6.07) is 16.9. The number of rotatable bonds is 6. The van der Waals surface area contributed by atoms with Crippen LogP contribution in [0.5, 0.6) is 5.88 Å². The van der Waals surface area contributed by atoms with E-state index in [-0.39, 0.29) is 28.4 Å². The minimum atomic E-state index is -3.69. The molecule has 1 aromatic heterocycles. The van der Waals surface area contributed by atoms with E-state index in [9.17, 15) is 23.6 Å². The Hall–Kier alpha value is -3.74. The van der Waals surface area contributed by atoms with E-state index in [0.717, 1.165) is 10.1 Å². The van der Waals surface area contributed by atoms with Crippen molar-refractivity contribution >= 4 is 21.9 Å². The van der Waals surface area contributed by atoms with Crippen LogP contribution in [0.1, 0.15) is 22.3 Å². The molecule has 0 amide bonds. The highest BCUT2D eigenvalue weighted by atomic mass is 32.2. The highest BCUT2D eigenvalue weighted by molar-refractivity contribution is 7.89. The molecule has 1 heterocycles. The molecule has 0 aliphatic carbocycles. The number of aromatic nitrogens is 1. The zero-order chi connectivity index (χ0) is 22.6. The standard InChI is InChI=1S/C22H20N4O4S/c1-15-19(12-23)21(27)26(2)22(28)20(15)14-24-17-8-10-18(11-9-17)31(29,30)25-13-16-6-4-3-5-7-16/h3-11,14,25,28H,13H2,1-2H3. The van der Waals surface area contributed by atoms with Crippen LogP contribution >= 0.6 is 0 Å². The van der Waals surface area contributed by atoms with E-state index in [1.165, 1.54) is 37.5 Å². The van der Waals surface area contributed by atoms with Crippen molar-refractivity contribution in [1.82, 2.24) is 9.29 Å². The van der Waals surface area contributed by atoms with Gasteiger partial charge in [0.05, 0.1) is 16.1 Å². The molecule has 2 aromatic carbocycles. The van der Waals surface area contributed by atoms with Gasteiger partial charge in [0.1, 0.15) is 11.6 Å². The molecule has 0 radical (unpaired) electrons. The minimum absolute atomic E-state index is 0.0762. The molecule has 0 aliphatic rings. The molecule has 0 aliphatic heterocycles. The normalized spacial score (nSPS) is 11.5. The Bertz CT molecular complexity index is 1340. The largest absolute Gasteiger partial charge is 0.494 e. The Morgan fingerprint density at radius 2 is 1.81 bits per heavy atom. The Labute approximate surface area is 179 Å². The highest BCUT2D eigenvalue weighted by Gasteiger charge is 2.16. The van der Waals surface area contributed by atoms with Crippen LogP contribution in [0.2, 0.25) is 0 Å². The van der Waals surface area contributed by atoms with Crippen molar-refractivity contribution < 1.29 is 13.5 Å². The number of sulfonamides is 1. The third kappa shape index (κ3) is 4.71. The van der Waals surface area contributed by atoms with Crippen molar-refractivity contribution in [2.24, 2.45) is 12.0 Å². The van der Waals surface area contributed by atoms with Crippen molar-refractivity contribution in [3.63, 3.8) is 0 Å². The van der Waals surface area contributed by atoms with Gasteiger partial charge in [-0.05, 0) is 42.3 Å². The molecule has 3 aromatic rings. The fourth-order valence-electron chi connectivity index (χ4n) is 2.90. The first kappa shape index (κ1) is 22.0. The molecule has 0 unspecified atom stereocenters. The lowest BCUT2D eigenvalue weighted by molar-refractivity contribution is 0.421. The molecule has 9 heteroatoms. The van der Waals surface area contributed by atoms with Crippen LogP contribution < -0.4 is 10.3 Å². The molecule has 0 spiro atoms. The summed E-state index contributed by atoms with van der Waals surface area (Å²) in [7, 11) is -2.33. The van der Waals surface area contributed by atoms with Crippen molar-refractivity contribution in [2.45, 2.75) is 18.4 Å². The summed E-state index contributed by atoms with van der Waals surface area (Å²) in [5.41, 5.74) is 1.17. The lowest BCUT2D eigenvalue weighted by Crippen LogP contribution is -2.23.